The van der Waals surface area contributed by atoms with Crippen molar-refractivity contribution >= 4 is 0 Å². The first-order valence-corrected chi connectivity index (χ1v) is 7.20. The first kappa shape index (κ1) is 16.0. The third-order valence-corrected chi connectivity index (χ3v) is 3.04. The van der Waals surface area contributed by atoms with Crippen LogP contribution in [0.25, 0.3) is 0 Å². The van der Waals surface area contributed by atoms with E-state index >= 15 is 0 Å². The van der Waals surface area contributed by atoms with Gasteiger partial charge in [0.05, 0.1) is 6.61 Å². The first-order valence-electron chi connectivity index (χ1n) is 7.20. The Bertz CT molecular complexity index is 364. The van der Waals surface area contributed by atoms with Crippen LogP contribution in [0.5, 0.6) is 5.75 Å². The zero-order valence-corrected chi connectivity index (χ0v) is 12.4. The highest BCUT2D eigenvalue weighted by Gasteiger charge is 2.07. The molecule has 0 saturated carbocycles. The fraction of sp³-hybridized carbons (Fsp3) is 0.625. The zero-order valence-electron chi connectivity index (χ0n) is 12.4. The molecule has 1 rings (SSSR count). The lowest BCUT2D eigenvalue weighted by atomic mass is 10.1. The van der Waals surface area contributed by atoms with Crippen LogP contribution in [-0.4, -0.2) is 24.4 Å². The van der Waals surface area contributed by atoms with Crippen molar-refractivity contribution in [3.63, 3.8) is 0 Å². The smallest absolute Gasteiger partial charge is 0.126 e. The first-order chi connectivity index (χ1) is 9.15. The molecule has 1 aromatic rings. The molecule has 0 heterocycles. The second-order valence-corrected chi connectivity index (χ2v) is 5.23. The topological polar surface area (TPSA) is 41.5 Å². The summed E-state index contributed by atoms with van der Waals surface area (Å²) in [6.45, 7) is 8.21. The Morgan fingerprint density at radius 1 is 1.21 bits per heavy atom. The van der Waals surface area contributed by atoms with Gasteiger partial charge in [0.2, 0.25) is 0 Å². The van der Waals surface area contributed by atoms with E-state index in [2.05, 4.69) is 44.3 Å². The Labute approximate surface area is 117 Å². The Hall–Kier alpha value is -1.06. The molecule has 3 heteroatoms. The summed E-state index contributed by atoms with van der Waals surface area (Å²) in [4.78, 5) is 0. The SMILES string of the molecule is Cc1cccc(CNC(C)C)c1OCCCCCO. The molecule has 0 radical (unpaired) electrons. The highest BCUT2D eigenvalue weighted by atomic mass is 16.5. The van der Waals surface area contributed by atoms with Gasteiger partial charge in [-0.2, -0.15) is 0 Å². The number of hydrogen-bond donors (Lipinski definition) is 2. The summed E-state index contributed by atoms with van der Waals surface area (Å²) < 4.78 is 5.93. The quantitative estimate of drug-likeness (QED) is 0.674. The predicted molar refractivity (Wildman–Crippen MR) is 79.6 cm³/mol. The van der Waals surface area contributed by atoms with E-state index in [-0.39, 0.29) is 6.61 Å². The van der Waals surface area contributed by atoms with Crippen molar-refractivity contribution in [1.29, 1.82) is 0 Å². The number of para-hydroxylation sites is 1. The van der Waals surface area contributed by atoms with Crippen molar-refractivity contribution in [3.05, 3.63) is 29.3 Å². The van der Waals surface area contributed by atoms with Gasteiger partial charge in [0.15, 0.2) is 0 Å². The van der Waals surface area contributed by atoms with Gasteiger partial charge in [0, 0.05) is 24.8 Å². The number of aryl methyl sites for hydroxylation is 1. The number of benzene rings is 1. The minimum absolute atomic E-state index is 0.272. The van der Waals surface area contributed by atoms with E-state index in [1.807, 2.05) is 0 Å². The highest BCUT2D eigenvalue weighted by molar-refractivity contribution is 5.40. The molecule has 0 aromatic heterocycles. The average Bonchev–Trinajstić information content (AvgIpc) is 2.38. The maximum atomic E-state index is 8.74. The fourth-order valence-electron chi connectivity index (χ4n) is 1.94. The number of aliphatic hydroxyl groups is 1. The van der Waals surface area contributed by atoms with E-state index in [1.165, 1.54) is 11.1 Å². The standard InChI is InChI=1S/C16H27NO2/c1-13(2)17-12-15-9-7-8-14(3)16(15)19-11-6-4-5-10-18/h7-9,13,17-18H,4-6,10-12H2,1-3H3. The van der Waals surface area contributed by atoms with Gasteiger partial charge in [-0.15, -0.1) is 0 Å². The molecule has 0 aliphatic heterocycles. The molecule has 0 spiro atoms. The average molecular weight is 265 g/mol. The molecule has 0 unspecified atom stereocenters. The van der Waals surface area contributed by atoms with Crippen LogP contribution in [0.1, 0.15) is 44.2 Å². The van der Waals surface area contributed by atoms with E-state index in [4.69, 9.17) is 9.84 Å². The predicted octanol–water partition coefficient (Wildman–Crippen LogP) is 3.03. The molecule has 0 saturated heterocycles. The van der Waals surface area contributed by atoms with Crippen LogP contribution in [0, 0.1) is 6.92 Å². The summed E-state index contributed by atoms with van der Waals surface area (Å²) in [5, 5.41) is 12.2. The van der Waals surface area contributed by atoms with Gasteiger partial charge in [0.1, 0.15) is 5.75 Å². The van der Waals surface area contributed by atoms with Crippen LogP contribution >= 0.6 is 0 Å². The van der Waals surface area contributed by atoms with Crippen molar-refractivity contribution in [2.75, 3.05) is 13.2 Å². The van der Waals surface area contributed by atoms with Crippen molar-refractivity contribution in [3.8, 4) is 5.75 Å². The molecule has 0 bridgehead atoms. The van der Waals surface area contributed by atoms with Gasteiger partial charge in [-0.25, -0.2) is 0 Å². The Kier molecular flexibility index (Phi) is 7.53. The number of rotatable bonds is 9. The van der Waals surface area contributed by atoms with E-state index < -0.39 is 0 Å². The minimum Gasteiger partial charge on any atom is -0.493 e. The van der Waals surface area contributed by atoms with Crippen molar-refractivity contribution < 1.29 is 9.84 Å². The number of ether oxygens (including phenoxy) is 1. The van der Waals surface area contributed by atoms with Gasteiger partial charge in [0.25, 0.3) is 0 Å². The Morgan fingerprint density at radius 3 is 2.68 bits per heavy atom. The van der Waals surface area contributed by atoms with Crippen molar-refractivity contribution in [1.82, 2.24) is 5.32 Å². The van der Waals surface area contributed by atoms with Gasteiger partial charge < -0.3 is 15.2 Å². The minimum atomic E-state index is 0.272. The Morgan fingerprint density at radius 2 is 2.00 bits per heavy atom. The molecule has 0 amide bonds. The second-order valence-electron chi connectivity index (χ2n) is 5.23. The lowest BCUT2D eigenvalue weighted by molar-refractivity contribution is 0.264. The van der Waals surface area contributed by atoms with Crippen molar-refractivity contribution in [2.24, 2.45) is 0 Å². The summed E-state index contributed by atoms with van der Waals surface area (Å²) in [5.41, 5.74) is 2.40. The number of aliphatic hydroxyl groups excluding tert-OH is 1. The lowest BCUT2D eigenvalue weighted by Crippen LogP contribution is -2.22. The van der Waals surface area contributed by atoms with Crippen LogP contribution in [0.2, 0.25) is 0 Å². The van der Waals surface area contributed by atoms with E-state index in [0.717, 1.165) is 38.2 Å². The lowest BCUT2D eigenvalue weighted by Gasteiger charge is -2.16. The molecule has 108 valence electrons. The molecule has 2 N–H and O–H groups in total. The number of unbranched alkanes of at least 4 members (excludes halogenated alkanes) is 2. The number of nitrogens with one attached hydrogen (secondary N) is 1. The van der Waals surface area contributed by atoms with Crippen LogP contribution in [0.4, 0.5) is 0 Å². The highest BCUT2D eigenvalue weighted by Crippen LogP contribution is 2.23. The van der Waals surface area contributed by atoms with Gasteiger partial charge in [-0.05, 0) is 31.7 Å². The molecule has 0 atom stereocenters. The summed E-state index contributed by atoms with van der Waals surface area (Å²) in [6, 6.07) is 6.75. The summed E-state index contributed by atoms with van der Waals surface area (Å²) >= 11 is 0. The summed E-state index contributed by atoms with van der Waals surface area (Å²) in [5.74, 6) is 1.01. The van der Waals surface area contributed by atoms with Crippen LogP contribution in [-0.2, 0) is 6.54 Å². The molecule has 1 aromatic carbocycles. The van der Waals surface area contributed by atoms with Crippen LogP contribution in [0.3, 0.4) is 0 Å². The van der Waals surface area contributed by atoms with Crippen LogP contribution < -0.4 is 10.1 Å². The Balaban J connectivity index is 2.54. The molecule has 0 aliphatic carbocycles. The maximum absolute atomic E-state index is 8.74. The normalized spacial score (nSPS) is 11.0. The fourth-order valence-corrected chi connectivity index (χ4v) is 1.94. The monoisotopic (exact) mass is 265 g/mol. The maximum Gasteiger partial charge on any atom is 0.126 e. The third-order valence-electron chi connectivity index (χ3n) is 3.04. The molecule has 19 heavy (non-hydrogen) atoms. The molecule has 0 aliphatic rings. The van der Waals surface area contributed by atoms with E-state index in [0.29, 0.717) is 6.04 Å². The van der Waals surface area contributed by atoms with Gasteiger partial charge in [-0.1, -0.05) is 32.0 Å². The molecule has 0 fully saturated rings. The van der Waals surface area contributed by atoms with E-state index in [1.54, 1.807) is 0 Å². The van der Waals surface area contributed by atoms with Crippen molar-refractivity contribution in [2.45, 2.75) is 52.6 Å². The second kappa shape index (κ2) is 8.94. The largest absolute Gasteiger partial charge is 0.493 e. The number of hydrogen-bond acceptors (Lipinski definition) is 3. The summed E-state index contributed by atoms with van der Waals surface area (Å²) in [7, 11) is 0. The molecular weight excluding hydrogens is 238 g/mol. The third kappa shape index (κ3) is 6.08. The van der Waals surface area contributed by atoms with Crippen LogP contribution in [0.15, 0.2) is 18.2 Å². The van der Waals surface area contributed by atoms with Gasteiger partial charge >= 0.3 is 0 Å². The summed E-state index contributed by atoms with van der Waals surface area (Å²) in [6.07, 6.45) is 2.87. The zero-order chi connectivity index (χ0) is 14.1. The van der Waals surface area contributed by atoms with Gasteiger partial charge in [-0.3, -0.25) is 0 Å². The van der Waals surface area contributed by atoms with E-state index in [9.17, 15) is 0 Å². The molecular formula is C16H27NO2. The molecule has 3 nitrogen and oxygen atoms in total.